The van der Waals surface area contributed by atoms with Crippen LogP contribution in [0.25, 0.3) is 0 Å². The lowest BCUT2D eigenvalue weighted by Gasteiger charge is -2.20. The van der Waals surface area contributed by atoms with E-state index in [1.54, 1.807) is 0 Å². The molecule has 1 aromatic rings. The summed E-state index contributed by atoms with van der Waals surface area (Å²) in [7, 11) is -16.2. The van der Waals surface area contributed by atoms with Crippen LogP contribution in [0.2, 0.25) is 0 Å². The summed E-state index contributed by atoms with van der Waals surface area (Å²) >= 11 is 0. The Morgan fingerprint density at radius 3 is 2.46 bits per heavy atom. The molecule has 1 saturated heterocycles. The molecular formula is C6H13N4O11P3. The van der Waals surface area contributed by atoms with E-state index in [2.05, 4.69) is 28.6 Å². The van der Waals surface area contributed by atoms with Crippen molar-refractivity contribution in [3.8, 4) is 0 Å². The predicted molar refractivity (Wildman–Crippen MR) is 71.0 cm³/mol. The van der Waals surface area contributed by atoms with Gasteiger partial charge in [0, 0.05) is 6.61 Å². The van der Waals surface area contributed by atoms with Gasteiger partial charge in [0.2, 0.25) is 0 Å². The molecular weight excluding hydrogens is 397 g/mol. The first-order chi connectivity index (χ1) is 11.0. The van der Waals surface area contributed by atoms with Crippen LogP contribution in [0.15, 0.2) is 6.33 Å². The maximum atomic E-state index is 11.6. The van der Waals surface area contributed by atoms with Gasteiger partial charge in [-0.3, -0.25) is 4.52 Å². The molecule has 0 spiro atoms. The standard InChI is InChI=1S/C6H13N4O11P3/c11-22(12,13)20-24(16,17)21-23(14,15)19-3-6-5(1-2-18-6)10-8-4-7-9-10/h4-6H,1-3H2,(H,14,15)(H,16,17)(H2,11,12,13). The third-order valence-corrected chi connectivity index (χ3v) is 6.46. The summed E-state index contributed by atoms with van der Waals surface area (Å²) in [5, 5.41) is 11.0. The summed E-state index contributed by atoms with van der Waals surface area (Å²) in [6.07, 6.45) is 0.849. The number of ether oxygens (including phenoxy) is 1. The number of aromatic nitrogens is 4. The lowest BCUT2D eigenvalue weighted by atomic mass is 10.1. The molecule has 4 atom stereocenters. The molecule has 1 aliphatic heterocycles. The van der Waals surface area contributed by atoms with E-state index in [0.717, 1.165) is 0 Å². The molecule has 15 nitrogen and oxygen atoms in total. The molecule has 2 rings (SSSR count). The SMILES string of the molecule is O=P(O)(O)OP(=O)(O)OP(=O)(O)OCC1OCCC1n1ncnn1. The molecule has 0 radical (unpaired) electrons. The smallest absolute Gasteiger partial charge is 0.373 e. The maximum absolute atomic E-state index is 11.6. The molecule has 0 amide bonds. The van der Waals surface area contributed by atoms with E-state index in [1.165, 1.54) is 11.1 Å². The number of tetrazole rings is 1. The van der Waals surface area contributed by atoms with Gasteiger partial charge in [-0.05, 0) is 11.6 Å². The third kappa shape index (κ3) is 6.06. The van der Waals surface area contributed by atoms with Crippen molar-refractivity contribution in [1.29, 1.82) is 0 Å². The van der Waals surface area contributed by atoms with Crippen LogP contribution < -0.4 is 0 Å². The maximum Gasteiger partial charge on any atom is 0.490 e. The Bertz CT molecular complexity index is 690. The number of phosphoric ester groups is 1. The Balaban J connectivity index is 1.93. The first-order valence-corrected chi connectivity index (χ1v) is 10.6. The Kier molecular flexibility index (Phi) is 6.06. The van der Waals surface area contributed by atoms with Gasteiger partial charge in [0.25, 0.3) is 0 Å². The minimum atomic E-state index is -5.54. The molecule has 0 saturated carbocycles. The molecule has 1 aromatic heterocycles. The topological polar surface area (TPSA) is 213 Å². The average Bonchev–Trinajstić information content (AvgIpc) is 3.03. The molecule has 4 unspecified atom stereocenters. The van der Waals surface area contributed by atoms with Gasteiger partial charge in [0.1, 0.15) is 12.1 Å². The van der Waals surface area contributed by atoms with Crippen LogP contribution in [0.3, 0.4) is 0 Å². The zero-order valence-electron chi connectivity index (χ0n) is 11.6. The van der Waals surface area contributed by atoms with Crippen molar-refractivity contribution in [2.24, 2.45) is 0 Å². The molecule has 0 aromatic carbocycles. The lowest BCUT2D eigenvalue weighted by Crippen LogP contribution is -2.26. The average molecular weight is 410 g/mol. The van der Waals surface area contributed by atoms with E-state index in [9.17, 15) is 18.6 Å². The van der Waals surface area contributed by atoms with Crippen LogP contribution in [-0.2, 0) is 31.6 Å². The highest BCUT2D eigenvalue weighted by Crippen LogP contribution is 2.66. The van der Waals surface area contributed by atoms with Gasteiger partial charge >= 0.3 is 23.5 Å². The van der Waals surface area contributed by atoms with E-state index in [-0.39, 0.29) is 6.61 Å². The van der Waals surface area contributed by atoms with Gasteiger partial charge in [-0.1, -0.05) is 0 Å². The second-order valence-corrected chi connectivity index (χ2v) is 8.83. The highest BCUT2D eigenvalue weighted by Gasteiger charge is 2.42. The molecule has 24 heavy (non-hydrogen) atoms. The molecule has 1 fully saturated rings. The van der Waals surface area contributed by atoms with Crippen LogP contribution in [0, 0.1) is 0 Å². The summed E-state index contributed by atoms with van der Waals surface area (Å²) < 4.78 is 50.2. The number of phosphoric acid groups is 3. The first-order valence-electron chi connectivity index (χ1n) is 6.10. The quantitative estimate of drug-likeness (QED) is 0.392. The summed E-state index contributed by atoms with van der Waals surface area (Å²) in [5.41, 5.74) is 0. The molecule has 138 valence electrons. The number of rotatable bonds is 8. The number of nitrogens with zero attached hydrogens (tertiary/aromatic N) is 4. The lowest BCUT2D eigenvalue weighted by molar-refractivity contribution is 0.0342. The van der Waals surface area contributed by atoms with Gasteiger partial charge in [-0.25, -0.2) is 13.7 Å². The van der Waals surface area contributed by atoms with Gasteiger partial charge in [0.15, 0.2) is 6.33 Å². The fraction of sp³-hybridized carbons (Fsp3) is 0.833. The second-order valence-electron chi connectivity index (χ2n) is 4.41. The summed E-state index contributed by atoms with van der Waals surface area (Å²) in [6, 6.07) is -0.459. The van der Waals surface area contributed by atoms with Crippen molar-refractivity contribution in [2.45, 2.75) is 18.6 Å². The molecule has 2 heterocycles. The van der Waals surface area contributed by atoms with Crippen molar-refractivity contribution >= 4 is 23.5 Å². The summed E-state index contributed by atoms with van der Waals surface area (Å²) in [5.74, 6) is 0. The van der Waals surface area contributed by atoms with E-state index in [4.69, 9.17) is 19.4 Å². The van der Waals surface area contributed by atoms with E-state index in [0.29, 0.717) is 6.42 Å². The van der Waals surface area contributed by atoms with E-state index in [1.807, 2.05) is 0 Å². The molecule has 18 heteroatoms. The molecule has 1 aliphatic rings. The van der Waals surface area contributed by atoms with Gasteiger partial charge in [0.05, 0.1) is 6.61 Å². The highest BCUT2D eigenvalue weighted by molar-refractivity contribution is 7.66. The monoisotopic (exact) mass is 410 g/mol. The predicted octanol–water partition coefficient (Wildman–Crippen LogP) is -0.654. The third-order valence-electron chi connectivity index (χ3n) is 2.65. The van der Waals surface area contributed by atoms with Crippen LogP contribution >= 0.6 is 23.5 Å². The first kappa shape index (κ1) is 19.8. The van der Waals surface area contributed by atoms with Crippen molar-refractivity contribution in [3.05, 3.63) is 6.33 Å². The van der Waals surface area contributed by atoms with Crippen molar-refractivity contribution < 1.29 is 51.2 Å². The molecule has 4 N–H and O–H groups in total. The van der Waals surface area contributed by atoms with Crippen molar-refractivity contribution in [3.63, 3.8) is 0 Å². The summed E-state index contributed by atoms with van der Waals surface area (Å²) in [6.45, 7) is -0.285. The summed E-state index contributed by atoms with van der Waals surface area (Å²) in [4.78, 5) is 36.4. The number of hydrogen-bond acceptors (Lipinski definition) is 10. The second kappa shape index (κ2) is 7.36. The Hall–Kier alpha value is -0.560. The van der Waals surface area contributed by atoms with Crippen LogP contribution in [-0.4, -0.2) is 59.1 Å². The fourth-order valence-corrected chi connectivity index (χ4v) is 4.89. The zero-order chi connectivity index (χ0) is 18.0. The largest absolute Gasteiger partial charge is 0.490 e. The van der Waals surface area contributed by atoms with Crippen LogP contribution in [0.5, 0.6) is 0 Å². The van der Waals surface area contributed by atoms with Crippen LogP contribution in [0.4, 0.5) is 0 Å². The Labute approximate surface area is 134 Å². The minimum absolute atomic E-state index is 0.274. The van der Waals surface area contributed by atoms with E-state index >= 15 is 0 Å². The fourth-order valence-electron chi connectivity index (χ4n) is 1.86. The van der Waals surface area contributed by atoms with E-state index < -0.39 is 42.2 Å². The van der Waals surface area contributed by atoms with Gasteiger partial charge in [-0.15, -0.1) is 10.2 Å². The minimum Gasteiger partial charge on any atom is -0.373 e. The van der Waals surface area contributed by atoms with Crippen LogP contribution in [0.1, 0.15) is 12.5 Å². The van der Waals surface area contributed by atoms with Gasteiger partial charge < -0.3 is 24.3 Å². The Morgan fingerprint density at radius 1 is 1.17 bits per heavy atom. The van der Waals surface area contributed by atoms with Crippen molar-refractivity contribution in [2.75, 3.05) is 13.2 Å². The number of hydrogen-bond donors (Lipinski definition) is 4. The highest BCUT2D eigenvalue weighted by atomic mass is 31.3. The zero-order valence-corrected chi connectivity index (χ0v) is 14.3. The van der Waals surface area contributed by atoms with Crippen molar-refractivity contribution in [1.82, 2.24) is 20.2 Å². The normalized spacial score (nSPS) is 26.8. The van der Waals surface area contributed by atoms with Gasteiger partial charge in [-0.2, -0.15) is 13.4 Å². The molecule has 0 bridgehead atoms. The molecule has 0 aliphatic carbocycles. The Morgan fingerprint density at radius 2 is 1.88 bits per heavy atom.